The Kier molecular flexibility index (Phi) is 5.48. The minimum atomic E-state index is -0.884. The van der Waals surface area contributed by atoms with Gasteiger partial charge in [0.2, 0.25) is 5.91 Å². The van der Waals surface area contributed by atoms with Gasteiger partial charge in [0, 0.05) is 17.7 Å². The van der Waals surface area contributed by atoms with Crippen LogP contribution in [-0.2, 0) is 20.7 Å². The van der Waals surface area contributed by atoms with Crippen molar-refractivity contribution >= 4 is 39.0 Å². The van der Waals surface area contributed by atoms with E-state index in [0.29, 0.717) is 23.4 Å². The lowest BCUT2D eigenvalue weighted by atomic mass is 10.0. The summed E-state index contributed by atoms with van der Waals surface area (Å²) < 4.78 is 19.8. The van der Waals surface area contributed by atoms with Gasteiger partial charge in [-0.2, -0.15) is 0 Å². The summed E-state index contributed by atoms with van der Waals surface area (Å²) in [5, 5.41) is 3.82. The van der Waals surface area contributed by atoms with E-state index in [1.807, 2.05) is 24.3 Å². The normalized spacial score (nSPS) is 21.0. The van der Waals surface area contributed by atoms with Crippen LogP contribution in [0.3, 0.4) is 0 Å². The number of benzene rings is 2. The van der Waals surface area contributed by atoms with Crippen LogP contribution in [-0.4, -0.2) is 53.8 Å². The molecule has 2 aliphatic heterocycles. The lowest BCUT2D eigenvalue weighted by Crippen LogP contribution is -2.53. The first-order valence-corrected chi connectivity index (χ1v) is 11.3. The number of Topliss-reactive ketones (excluding diaryl/α,β-unsaturated/α-hetero) is 1. The predicted octanol–water partition coefficient (Wildman–Crippen LogP) is 2.95. The van der Waals surface area contributed by atoms with E-state index in [1.54, 1.807) is 18.2 Å². The molecule has 0 bridgehead atoms. The third kappa shape index (κ3) is 3.91. The van der Waals surface area contributed by atoms with E-state index in [-0.39, 0.29) is 42.5 Å². The molecule has 0 spiro atoms. The molecule has 164 valence electrons. The lowest BCUT2D eigenvalue weighted by molar-refractivity contribution is -0.138. The number of carbonyl (C=O) groups is 3. The number of hydrogen-bond donors (Lipinski definition) is 1. The summed E-state index contributed by atoms with van der Waals surface area (Å²) in [4.78, 5) is 40.8. The number of likely N-dealkylation sites (tertiary alicyclic amines) is 1. The maximum Gasteiger partial charge on any atom is 0.262 e. The molecule has 2 fully saturated rings. The topological polar surface area (TPSA) is 75.7 Å². The highest BCUT2D eigenvalue weighted by Crippen LogP contribution is 2.29. The van der Waals surface area contributed by atoms with E-state index in [2.05, 4.69) is 5.32 Å². The molecule has 3 atom stereocenters. The summed E-state index contributed by atoms with van der Waals surface area (Å²) >= 11 is 1.35. The fourth-order valence-corrected chi connectivity index (χ4v) is 5.39. The van der Waals surface area contributed by atoms with Gasteiger partial charge in [-0.3, -0.25) is 14.4 Å². The van der Waals surface area contributed by atoms with E-state index < -0.39 is 12.1 Å². The fourth-order valence-electron chi connectivity index (χ4n) is 4.42. The zero-order valence-corrected chi connectivity index (χ0v) is 17.9. The van der Waals surface area contributed by atoms with Crippen LogP contribution >= 0.6 is 11.3 Å². The minimum absolute atomic E-state index is 0.00981. The lowest BCUT2D eigenvalue weighted by Gasteiger charge is -2.27. The van der Waals surface area contributed by atoms with E-state index >= 15 is 0 Å². The molecule has 5 rings (SSSR count). The summed E-state index contributed by atoms with van der Waals surface area (Å²) in [6.45, 7) is 0.411. The van der Waals surface area contributed by atoms with Crippen LogP contribution in [0.25, 0.3) is 10.1 Å². The van der Waals surface area contributed by atoms with E-state index in [1.165, 1.54) is 28.4 Å². The number of thiophene rings is 1. The maximum atomic E-state index is 13.5. The van der Waals surface area contributed by atoms with Crippen molar-refractivity contribution in [2.75, 3.05) is 13.2 Å². The molecule has 3 aromatic rings. The number of ketones is 1. The van der Waals surface area contributed by atoms with Crippen LogP contribution in [0.5, 0.6) is 0 Å². The Labute approximate surface area is 188 Å². The molecule has 2 aliphatic rings. The summed E-state index contributed by atoms with van der Waals surface area (Å²) in [6.07, 6.45) is 0.505. The van der Waals surface area contributed by atoms with Crippen LogP contribution in [0, 0.1) is 5.82 Å². The highest BCUT2D eigenvalue weighted by atomic mass is 32.1. The van der Waals surface area contributed by atoms with Crippen molar-refractivity contribution in [1.29, 1.82) is 0 Å². The number of nitrogens with one attached hydrogen (secondary N) is 1. The molecule has 6 nitrogen and oxygen atoms in total. The van der Waals surface area contributed by atoms with E-state index in [9.17, 15) is 18.8 Å². The SMILES string of the molecule is O=C(NC(Cc1ccc(F)cc1)C(=O)N1CCC2OCC(=O)C21)c1cc2ccccc2s1. The summed E-state index contributed by atoms with van der Waals surface area (Å²) in [6, 6.07) is 13.8. The maximum absolute atomic E-state index is 13.5. The standard InChI is InChI=1S/C24H21FN2O4S/c25-16-7-5-14(6-8-16)11-17(24(30)27-10-9-19-22(27)18(28)13-31-19)26-23(29)21-12-15-3-1-2-4-20(15)32-21/h1-8,12,17,19,22H,9-11,13H2,(H,26,29). The minimum Gasteiger partial charge on any atom is -0.368 e. The highest BCUT2D eigenvalue weighted by molar-refractivity contribution is 7.20. The number of hydrogen-bond acceptors (Lipinski definition) is 5. The fraction of sp³-hybridized carbons (Fsp3) is 0.292. The van der Waals surface area contributed by atoms with Crippen LogP contribution < -0.4 is 5.32 Å². The number of carbonyl (C=O) groups excluding carboxylic acids is 3. The Balaban J connectivity index is 1.41. The molecule has 2 amide bonds. The second-order valence-corrected chi connectivity index (χ2v) is 9.17. The smallest absolute Gasteiger partial charge is 0.262 e. The Morgan fingerprint density at radius 2 is 1.97 bits per heavy atom. The Morgan fingerprint density at radius 1 is 1.19 bits per heavy atom. The quantitative estimate of drug-likeness (QED) is 0.646. The Hall–Kier alpha value is -3.10. The van der Waals surface area contributed by atoms with Crippen LogP contribution in [0.1, 0.15) is 21.7 Å². The zero-order chi connectivity index (χ0) is 22.2. The molecule has 1 aromatic heterocycles. The monoisotopic (exact) mass is 452 g/mol. The summed E-state index contributed by atoms with van der Waals surface area (Å²) in [5.74, 6) is -1.16. The number of ether oxygens (including phenoxy) is 1. The van der Waals surface area contributed by atoms with Gasteiger partial charge in [0.15, 0.2) is 5.78 Å². The third-order valence-corrected chi connectivity index (χ3v) is 7.12. The van der Waals surface area contributed by atoms with Crippen molar-refractivity contribution < 1.29 is 23.5 Å². The van der Waals surface area contributed by atoms with E-state index in [0.717, 1.165) is 10.1 Å². The number of fused-ring (bicyclic) bond motifs is 2. The first kappa shape index (κ1) is 20.8. The third-order valence-electron chi connectivity index (χ3n) is 6.00. The molecule has 0 radical (unpaired) electrons. The second-order valence-electron chi connectivity index (χ2n) is 8.09. The molecule has 2 aromatic carbocycles. The van der Waals surface area contributed by atoms with Crippen molar-refractivity contribution in [2.45, 2.75) is 31.0 Å². The van der Waals surface area contributed by atoms with Gasteiger partial charge in [0.25, 0.3) is 5.91 Å². The van der Waals surface area contributed by atoms with Crippen molar-refractivity contribution in [3.63, 3.8) is 0 Å². The van der Waals surface area contributed by atoms with Crippen molar-refractivity contribution in [3.05, 3.63) is 70.9 Å². The summed E-state index contributed by atoms with van der Waals surface area (Å²) in [7, 11) is 0. The zero-order valence-electron chi connectivity index (χ0n) is 17.1. The number of nitrogens with zero attached hydrogens (tertiary/aromatic N) is 1. The average molecular weight is 453 g/mol. The van der Waals surface area contributed by atoms with Crippen LogP contribution in [0.2, 0.25) is 0 Å². The molecule has 32 heavy (non-hydrogen) atoms. The first-order valence-electron chi connectivity index (χ1n) is 10.5. The molecule has 0 saturated carbocycles. The average Bonchev–Trinajstić information content (AvgIpc) is 3.50. The molecular formula is C24H21FN2O4S. The largest absolute Gasteiger partial charge is 0.368 e. The van der Waals surface area contributed by atoms with Gasteiger partial charge in [0.1, 0.15) is 24.5 Å². The number of amides is 2. The first-order chi connectivity index (χ1) is 15.5. The summed E-state index contributed by atoms with van der Waals surface area (Å²) in [5.41, 5.74) is 0.714. The van der Waals surface area contributed by atoms with Crippen molar-refractivity contribution in [3.8, 4) is 0 Å². The molecular weight excluding hydrogens is 431 g/mol. The van der Waals surface area contributed by atoms with Gasteiger partial charge in [0.05, 0.1) is 11.0 Å². The Morgan fingerprint density at radius 3 is 2.75 bits per heavy atom. The molecule has 2 saturated heterocycles. The van der Waals surface area contributed by atoms with Gasteiger partial charge in [-0.1, -0.05) is 30.3 Å². The number of halogens is 1. The van der Waals surface area contributed by atoms with Crippen LogP contribution in [0.15, 0.2) is 54.6 Å². The molecule has 0 aliphatic carbocycles. The predicted molar refractivity (Wildman–Crippen MR) is 118 cm³/mol. The highest BCUT2D eigenvalue weighted by Gasteiger charge is 2.48. The van der Waals surface area contributed by atoms with Crippen molar-refractivity contribution in [1.82, 2.24) is 10.2 Å². The molecule has 3 unspecified atom stereocenters. The van der Waals surface area contributed by atoms with E-state index in [4.69, 9.17) is 4.74 Å². The molecule has 8 heteroatoms. The van der Waals surface area contributed by atoms with Gasteiger partial charge in [-0.25, -0.2) is 4.39 Å². The molecule has 3 heterocycles. The molecule has 1 N–H and O–H groups in total. The van der Waals surface area contributed by atoms with Crippen molar-refractivity contribution in [2.24, 2.45) is 0 Å². The Bertz CT molecular complexity index is 1160. The number of rotatable bonds is 5. The van der Waals surface area contributed by atoms with Gasteiger partial charge < -0.3 is 15.0 Å². The second kappa shape index (κ2) is 8.44. The van der Waals surface area contributed by atoms with Gasteiger partial charge >= 0.3 is 0 Å². The van der Waals surface area contributed by atoms with Gasteiger partial charge in [-0.15, -0.1) is 11.3 Å². The van der Waals surface area contributed by atoms with Crippen LogP contribution in [0.4, 0.5) is 4.39 Å². The van der Waals surface area contributed by atoms with Gasteiger partial charge in [-0.05, 0) is 41.6 Å².